The van der Waals surface area contributed by atoms with Crippen molar-refractivity contribution in [2.75, 3.05) is 10.2 Å². The van der Waals surface area contributed by atoms with E-state index in [1.54, 1.807) is 11.1 Å². The molecule has 0 saturated heterocycles. The highest BCUT2D eigenvalue weighted by Crippen LogP contribution is 2.37. The molecule has 0 saturated carbocycles. The van der Waals surface area contributed by atoms with Crippen LogP contribution in [0, 0.1) is 13.8 Å². The van der Waals surface area contributed by atoms with Crippen LogP contribution in [0.15, 0.2) is 66.9 Å². The first-order valence-electron chi connectivity index (χ1n) is 8.32. The Morgan fingerprint density at radius 2 is 1.72 bits per heavy atom. The number of carbonyl (C=O) groups excluding carboxylic acids is 1. The van der Waals surface area contributed by atoms with Gasteiger partial charge < -0.3 is 5.32 Å². The third-order valence-electron chi connectivity index (χ3n) is 4.54. The molecule has 25 heavy (non-hydrogen) atoms. The fourth-order valence-corrected chi connectivity index (χ4v) is 3.18. The Balaban J connectivity index is 1.80. The quantitative estimate of drug-likeness (QED) is 0.771. The van der Waals surface area contributed by atoms with E-state index >= 15 is 0 Å². The van der Waals surface area contributed by atoms with Crippen molar-refractivity contribution < 1.29 is 4.79 Å². The van der Waals surface area contributed by atoms with Crippen LogP contribution in [0.3, 0.4) is 0 Å². The molecular formula is C21H19N3O. The number of para-hydroxylation sites is 1. The summed E-state index contributed by atoms with van der Waals surface area (Å²) in [5, 5.41) is 3.52. The third kappa shape index (κ3) is 2.66. The van der Waals surface area contributed by atoms with Crippen LogP contribution in [0.2, 0.25) is 0 Å². The second-order valence-electron chi connectivity index (χ2n) is 6.32. The van der Waals surface area contributed by atoms with Crippen LogP contribution in [0.5, 0.6) is 0 Å². The standard InChI is InChI=1S/C21H19N3O/c1-14-11-12-19(22-13-14)24-20(23-18-10-6-3-7-15(18)2)16-8-4-5-9-17(16)21(24)25/h3-13,20,23H,1-2H3. The molecule has 1 atom stereocenters. The zero-order valence-electron chi connectivity index (χ0n) is 14.2. The van der Waals surface area contributed by atoms with Crippen LogP contribution in [0.1, 0.15) is 33.2 Å². The second kappa shape index (κ2) is 6.06. The van der Waals surface area contributed by atoms with Crippen LogP contribution in [0.25, 0.3) is 0 Å². The minimum absolute atomic E-state index is 0.0296. The van der Waals surface area contributed by atoms with Crippen molar-refractivity contribution in [3.63, 3.8) is 0 Å². The third-order valence-corrected chi connectivity index (χ3v) is 4.54. The molecule has 1 aliphatic rings. The monoisotopic (exact) mass is 329 g/mol. The summed E-state index contributed by atoms with van der Waals surface area (Å²) in [7, 11) is 0. The van der Waals surface area contributed by atoms with E-state index in [-0.39, 0.29) is 12.1 Å². The van der Waals surface area contributed by atoms with Gasteiger partial charge in [-0.05, 0) is 43.2 Å². The summed E-state index contributed by atoms with van der Waals surface area (Å²) in [4.78, 5) is 19.2. The second-order valence-corrected chi connectivity index (χ2v) is 6.32. The van der Waals surface area contributed by atoms with Gasteiger partial charge in [0, 0.05) is 23.0 Å². The normalized spacial score (nSPS) is 16.0. The number of fused-ring (bicyclic) bond motifs is 1. The van der Waals surface area contributed by atoms with Crippen molar-refractivity contribution in [2.24, 2.45) is 0 Å². The van der Waals surface area contributed by atoms with Crippen molar-refractivity contribution >= 4 is 17.4 Å². The number of anilines is 2. The number of hydrogen-bond donors (Lipinski definition) is 1. The minimum atomic E-state index is -0.278. The number of benzene rings is 2. The Kier molecular flexibility index (Phi) is 3.73. The fourth-order valence-electron chi connectivity index (χ4n) is 3.18. The van der Waals surface area contributed by atoms with Crippen molar-refractivity contribution in [3.05, 3.63) is 89.1 Å². The SMILES string of the molecule is Cc1ccc(N2C(=O)c3ccccc3C2Nc2ccccc2C)nc1. The first-order chi connectivity index (χ1) is 12.1. The van der Waals surface area contributed by atoms with E-state index in [1.807, 2.05) is 61.5 Å². The van der Waals surface area contributed by atoms with Gasteiger partial charge in [-0.15, -0.1) is 0 Å². The molecule has 2 heterocycles. The molecule has 4 rings (SSSR count). The number of pyridine rings is 1. The molecule has 1 N–H and O–H groups in total. The number of amides is 1. The van der Waals surface area contributed by atoms with Crippen molar-refractivity contribution in [1.29, 1.82) is 0 Å². The van der Waals surface area contributed by atoms with E-state index in [1.165, 1.54) is 0 Å². The fraction of sp³-hybridized carbons (Fsp3) is 0.143. The van der Waals surface area contributed by atoms with Gasteiger partial charge in [0.2, 0.25) is 0 Å². The van der Waals surface area contributed by atoms with E-state index in [0.717, 1.165) is 27.9 Å². The molecule has 124 valence electrons. The summed E-state index contributed by atoms with van der Waals surface area (Å²) < 4.78 is 0. The van der Waals surface area contributed by atoms with E-state index in [9.17, 15) is 4.79 Å². The van der Waals surface area contributed by atoms with Crippen LogP contribution in [-0.2, 0) is 0 Å². The predicted octanol–water partition coefficient (Wildman–Crippen LogP) is 4.47. The van der Waals surface area contributed by atoms with Crippen molar-refractivity contribution in [3.8, 4) is 0 Å². The molecule has 1 amide bonds. The molecular weight excluding hydrogens is 310 g/mol. The number of hydrogen-bond acceptors (Lipinski definition) is 3. The average molecular weight is 329 g/mol. The minimum Gasteiger partial charge on any atom is -0.361 e. The number of nitrogens with zero attached hydrogens (tertiary/aromatic N) is 2. The Morgan fingerprint density at radius 3 is 2.48 bits per heavy atom. The highest BCUT2D eigenvalue weighted by Gasteiger charge is 2.38. The molecule has 1 aromatic heterocycles. The summed E-state index contributed by atoms with van der Waals surface area (Å²) >= 11 is 0. The molecule has 0 bridgehead atoms. The molecule has 0 fully saturated rings. The number of rotatable bonds is 3. The molecule has 3 aromatic rings. The van der Waals surface area contributed by atoms with Gasteiger partial charge in [-0.3, -0.25) is 9.69 Å². The summed E-state index contributed by atoms with van der Waals surface area (Å²) in [6, 6.07) is 19.7. The first kappa shape index (κ1) is 15.4. The highest BCUT2D eigenvalue weighted by atomic mass is 16.2. The van der Waals surface area contributed by atoms with Crippen LogP contribution >= 0.6 is 0 Å². The van der Waals surface area contributed by atoms with Gasteiger partial charge in [-0.2, -0.15) is 0 Å². The Morgan fingerprint density at radius 1 is 0.960 bits per heavy atom. The maximum absolute atomic E-state index is 13.0. The largest absolute Gasteiger partial charge is 0.361 e. The lowest BCUT2D eigenvalue weighted by molar-refractivity contribution is 0.0992. The lowest BCUT2D eigenvalue weighted by atomic mass is 10.1. The highest BCUT2D eigenvalue weighted by molar-refractivity contribution is 6.11. The summed E-state index contributed by atoms with van der Waals surface area (Å²) in [5.74, 6) is 0.621. The first-order valence-corrected chi connectivity index (χ1v) is 8.32. The van der Waals surface area contributed by atoms with Crippen molar-refractivity contribution in [1.82, 2.24) is 4.98 Å². The smallest absolute Gasteiger partial charge is 0.261 e. The Labute approximate surface area is 147 Å². The predicted molar refractivity (Wildman–Crippen MR) is 99.8 cm³/mol. The Hall–Kier alpha value is -3.14. The zero-order chi connectivity index (χ0) is 17.4. The molecule has 0 spiro atoms. The summed E-state index contributed by atoms with van der Waals surface area (Å²) in [6.07, 6.45) is 1.51. The topological polar surface area (TPSA) is 45.2 Å². The molecule has 4 heteroatoms. The molecule has 1 unspecified atom stereocenters. The van der Waals surface area contributed by atoms with E-state index < -0.39 is 0 Å². The number of aromatic nitrogens is 1. The molecule has 0 radical (unpaired) electrons. The van der Waals surface area contributed by atoms with E-state index in [4.69, 9.17) is 0 Å². The maximum Gasteiger partial charge on any atom is 0.261 e. The van der Waals surface area contributed by atoms with Crippen LogP contribution < -0.4 is 10.2 Å². The van der Waals surface area contributed by atoms with Crippen molar-refractivity contribution in [2.45, 2.75) is 20.0 Å². The number of nitrogens with one attached hydrogen (secondary N) is 1. The maximum atomic E-state index is 13.0. The molecule has 2 aromatic carbocycles. The number of carbonyl (C=O) groups is 1. The van der Waals surface area contributed by atoms with Gasteiger partial charge in [0.25, 0.3) is 5.91 Å². The van der Waals surface area contributed by atoms with Crippen LogP contribution in [-0.4, -0.2) is 10.9 Å². The lowest BCUT2D eigenvalue weighted by Gasteiger charge is -2.27. The molecule has 1 aliphatic heterocycles. The molecule has 4 nitrogen and oxygen atoms in total. The van der Waals surface area contributed by atoms with E-state index in [0.29, 0.717) is 5.82 Å². The van der Waals surface area contributed by atoms with Gasteiger partial charge in [0.1, 0.15) is 12.0 Å². The van der Waals surface area contributed by atoms with Gasteiger partial charge in [0.05, 0.1) is 0 Å². The van der Waals surface area contributed by atoms with E-state index in [2.05, 4.69) is 23.3 Å². The lowest BCUT2D eigenvalue weighted by Crippen LogP contribution is -2.33. The van der Waals surface area contributed by atoms with Gasteiger partial charge >= 0.3 is 0 Å². The van der Waals surface area contributed by atoms with Gasteiger partial charge in [0.15, 0.2) is 0 Å². The summed E-state index contributed by atoms with van der Waals surface area (Å²) in [6.45, 7) is 4.04. The summed E-state index contributed by atoms with van der Waals surface area (Å²) in [5.41, 5.74) is 4.90. The van der Waals surface area contributed by atoms with Gasteiger partial charge in [-0.25, -0.2) is 4.98 Å². The Bertz CT molecular complexity index is 934. The zero-order valence-corrected chi connectivity index (χ0v) is 14.2. The molecule has 0 aliphatic carbocycles. The van der Waals surface area contributed by atoms with Gasteiger partial charge in [-0.1, -0.05) is 42.5 Å². The van der Waals surface area contributed by atoms with Crippen LogP contribution in [0.4, 0.5) is 11.5 Å². The average Bonchev–Trinajstić information content (AvgIpc) is 2.90. The number of aryl methyl sites for hydroxylation is 2.